The van der Waals surface area contributed by atoms with E-state index in [2.05, 4.69) is 15.3 Å². The smallest absolute Gasteiger partial charge is 0.242 e. The molecule has 1 aliphatic heterocycles. The number of nitrogens with one attached hydrogen (secondary N) is 1. The second kappa shape index (κ2) is 8.12. The summed E-state index contributed by atoms with van der Waals surface area (Å²) in [5, 5.41) is 3.59. The van der Waals surface area contributed by atoms with Gasteiger partial charge in [-0.1, -0.05) is 65.6 Å². The monoisotopic (exact) mass is 410 g/mol. The van der Waals surface area contributed by atoms with Crippen molar-refractivity contribution in [3.05, 3.63) is 60.2 Å². The summed E-state index contributed by atoms with van der Waals surface area (Å²) in [4.78, 5) is 35.3. The summed E-state index contributed by atoms with van der Waals surface area (Å²) in [6.45, 7) is 0.452. The molecule has 0 aliphatic carbocycles. The first-order valence-corrected chi connectivity index (χ1v) is 10.5. The third kappa shape index (κ3) is 4.07. The predicted octanol–water partition coefficient (Wildman–Crippen LogP) is 3.56. The number of amidine groups is 1. The molecule has 2 heterocycles. The lowest BCUT2D eigenvalue weighted by Crippen LogP contribution is -2.32. The minimum Gasteiger partial charge on any atom is -0.352 e. The largest absolute Gasteiger partial charge is 0.352 e. The van der Waals surface area contributed by atoms with Gasteiger partial charge in [-0.05, 0) is 17.7 Å². The van der Waals surface area contributed by atoms with Crippen LogP contribution in [0.15, 0.2) is 59.6 Å². The first-order chi connectivity index (χ1) is 13.6. The lowest BCUT2D eigenvalue weighted by Gasteiger charge is -2.09. The number of amides is 2. The summed E-state index contributed by atoms with van der Waals surface area (Å²) in [7, 11) is 1.68. The van der Waals surface area contributed by atoms with Gasteiger partial charge in [-0.15, -0.1) is 0 Å². The van der Waals surface area contributed by atoms with Crippen molar-refractivity contribution in [2.75, 3.05) is 7.05 Å². The minimum atomic E-state index is -0.464. The van der Waals surface area contributed by atoms with E-state index in [0.29, 0.717) is 16.8 Å². The zero-order valence-corrected chi connectivity index (χ0v) is 16.8. The molecule has 4 rings (SSSR count). The van der Waals surface area contributed by atoms with Gasteiger partial charge in [-0.3, -0.25) is 14.5 Å². The molecule has 3 aromatic rings. The molecule has 1 aromatic heterocycles. The zero-order chi connectivity index (χ0) is 19.5. The summed E-state index contributed by atoms with van der Waals surface area (Å²) >= 11 is 2.79. The van der Waals surface area contributed by atoms with Crippen molar-refractivity contribution in [3.63, 3.8) is 0 Å². The highest BCUT2D eigenvalue weighted by molar-refractivity contribution is 8.15. The predicted molar refractivity (Wildman–Crippen MR) is 114 cm³/mol. The number of fused-ring (bicyclic) bond motifs is 1. The molecule has 2 aromatic carbocycles. The molecule has 28 heavy (non-hydrogen) atoms. The molecule has 2 amide bonds. The fourth-order valence-electron chi connectivity index (χ4n) is 2.82. The van der Waals surface area contributed by atoms with E-state index in [1.54, 1.807) is 7.05 Å². The van der Waals surface area contributed by atoms with Crippen molar-refractivity contribution in [3.8, 4) is 0 Å². The number of carbonyl (C=O) groups is 2. The highest BCUT2D eigenvalue weighted by Gasteiger charge is 2.37. The van der Waals surface area contributed by atoms with Crippen LogP contribution in [0, 0.1) is 0 Å². The molecule has 6 nitrogen and oxygen atoms in total. The van der Waals surface area contributed by atoms with Crippen LogP contribution in [0.5, 0.6) is 0 Å². The number of aromatic nitrogens is 1. The molecule has 0 saturated carbocycles. The van der Waals surface area contributed by atoms with Crippen LogP contribution in [0.1, 0.15) is 12.0 Å². The quantitative estimate of drug-likeness (QED) is 0.698. The van der Waals surface area contributed by atoms with Crippen molar-refractivity contribution in [1.29, 1.82) is 0 Å². The number of thiazole rings is 1. The Morgan fingerprint density at radius 2 is 1.93 bits per heavy atom. The van der Waals surface area contributed by atoms with Crippen molar-refractivity contribution in [2.24, 2.45) is 4.99 Å². The average Bonchev–Trinajstić information content (AvgIpc) is 3.23. The van der Waals surface area contributed by atoms with Gasteiger partial charge in [0.25, 0.3) is 0 Å². The molecule has 8 heteroatoms. The number of rotatable bonds is 5. The second-order valence-electron chi connectivity index (χ2n) is 6.33. The van der Waals surface area contributed by atoms with E-state index in [9.17, 15) is 9.59 Å². The van der Waals surface area contributed by atoms with E-state index in [1.165, 1.54) is 28.0 Å². The van der Waals surface area contributed by atoms with E-state index in [1.807, 2.05) is 54.6 Å². The number of thioether (sulfide) groups is 1. The fraction of sp³-hybridized carbons (Fsp3) is 0.200. The highest BCUT2D eigenvalue weighted by atomic mass is 32.2. The Morgan fingerprint density at radius 1 is 1.18 bits per heavy atom. The average molecular weight is 411 g/mol. The standard InChI is InChI=1S/C20H18N4O2S2/c1-24-18(26)16(11-17(25)21-12-13-7-3-2-4-8-13)28-20(24)23-19-22-14-9-5-6-10-15(14)27-19/h2-10,16H,11-12H2,1H3,(H,21,25)/b23-20+. The summed E-state index contributed by atoms with van der Waals surface area (Å²) < 4.78 is 1.05. The van der Waals surface area contributed by atoms with E-state index < -0.39 is 5.25 Å². The number of hydrogen-bond acceptors (Lipinski definition) is 6. The normalized spacial score (nSPS) is 18.2. The fourth-order valence-corrected chi connectivity index (χ4v) is 4.85. The number of aliphatic imine (C=N–C) groups is 1. The van der Waals surface area contributed by atoms with Gasteiger partial charge in [0.15, 0.2) is 5.17 Å². The molecular weight excluding hydrogens is 392 g/mol. The Morgan fingerprint density at radius 3 is 2.71 bits per heavy atom. The van der Waals surface area contributed by atoms with Crippen LogP contribution in [0.4, 0.5) is 5.13 Å². The zero-order valence-electron chi connectivity index (χ0n) is 15.2. The summed E-state index contributed by atoms with van der Waals surface area (Å²) in [6, 6.07) is 17.5. The maximum absolute atomic E-state index is 12.5. The maximum Gasteiger partial charge on any atom is 0.242 e. The number of hydrogen-bond donors (Lipinski definition) is 1. The van der Waals surface area contributed by atoms with Gasteiger partial charge in [0.1, 0.15) is 5.25 Å². The van der Waals surface area contributed by atoms with Gasteiger partial charge < -0.3 is 5.32 Å². The molecule has 1 aliphatic rings. The number of benzene rings is 2. The second-order valence-corrected chi connectivity index (χ2v) is 8.51. The van der Waals surface area contributed by atoms with E-state index >= 15 is 0 Å². The molecule has 1 unspecified atom stereocenters. The van der Waals surface area contributed by atoms with Crippen LogP contribution in [0.2, 0.25) is 0 Å². The SMILES string of the molecule is CN1C(=O)C(CC(=O)NCc2ccccc2)S/C1=N/c1nc2ccccc2s1. The highest BCUT2D eigenvalue weighted by Crippen LogP contribution is 2.33. The molecule has 142 valence electrons. The molecular formula is C20H18N4O2S2. The van der Waals surface area contributed by atoms with Gasteiger partial charge in [-0.2, -0.15) is 4.99 Å². The Balaban J connectivity index is 1.41. The molecule has 0 radical (unpaired) electrons. The lowest BCUT2D eigenvalue weighted by molar-refractivity contribution is -0.128. The summed E-state index contributed by atoms with van der Waals surface area (Å²) in [6.07, 6.45) is 0.125. The molecule has 1 saturated heterocycles. The Hall–Kier alpha value is -2.71. The Bertz CT molecular complexity index is 1020. The summed E-state index contributed by atoms with van der Waals surface area (Å²) in [5.41, 5.74) is 1.91. The van der Waals surface area contributed by atoms with Crippen molar-refractivity contribution >= 4 is 55.4 Å². The van der Waals surface area contributed by atoms with Gasteiger partial charge in [0.05, 0.1) is 10.2 Å². The van der Waals surface area contributed by atoms with Crippen LogP contribution in [0.25, 0.3) is 10.2 Å². The third-order valence-corrected chi connectivity index (χ3v) is 6.48. The van der Waals surface area contributed by atoms with Gasteiger partial charge in [0, 0.05) is 20.0 Å². The van der Waals surface area contributed by atoms with Crippen molar-refractivity contribution in [2.45, 2.75) is 18.2 Å². The molecule has 1 atom stereocenters. The van der Waals surface area contributed by atoms with E-state index in [0.717, 1.165) is 15.8 Å². The third-order valence-electron chi connectivity index (χ3n) is 4.32. The molecule has 1 N–H and O–H groups in total. The lowest BCUT2D eigenvalue weighted by atomic mass is 10.2. The Labute approximate surface area is 170 Å². The van der Waals surface area contributed by atoms with Crippen LogP contribution in [-0.4, -0.2) is 39.2 Å². The number of nitrogens with zero attached hydrogens (tertiary/aromatic N) is 3. The van der Waals surface area contributed by atoms with E-state index in [4.69, 9.17) is 0 Å². The van der Waals surface area contributed by atoms with Crippen LogP contribution in [-0.2, 0) is 16.1 Å². The molecule has 0 bridgehead atoms. The van der Waals surface area contributed by atoms with Crippen molar-refractivity contribution in [1.82, 2.24) is 15.2 Å². The maximum atomic E-state index is 12.5. The van der Waals surface area contributed by atoms with Crippen LogP contribution in [0.3, 0.4) is 0 Å². The van der Waals surface area contributed by atoms with E-state index in [-0.39, 0.29) is 18.2 Å². The van der Waals surface area contributed by atoms with Crippen LogP contribution >= 0.6 is 23.1 Å². The molecule has 0 spiro atoms. The van der Waals surface area contributed by atoms with Gasteiger partial charge >= 0.3 is 0 Å². The first kappa shape index (κ1) is 18.6. The minimum absolute atomic E-state index is 0.111. The summed E-state index contributed by atoms with van der Waals surface area (Å²) in [5.74, 6) is -0.260. The number of para-hydroxylation sites is 1. The molecule has 1 fully saturated rings. The van der Waals surface area contributed by atoms with Gasteiger partial charge in [-0.25, -0.2) is 4.98 Å². The topological polar surface area (TPSA) is 74.7 Å². The Kier molecular flexibility index (Phi) is 5.40. The van der Waals surface area contributed by atoms with Crippen molar-refractivity contribution < 1.29 is 9.59 Å². The number of carbonyl (C=O) groups excluding carboxylic acids is 2. The van der Waals surface area contributed by atoms with Crippen LogP contribution < -0.4 is 5.32 Å². The van der Waals surface area contributed by atoms with Gasteiger partial charge in [0.2, 0.25) is 16.9 Å². The first-order valence-electron chi connectivity index (χ1n) is 8.79.